The fourth-order valence-electron chi connectivity index (χ4n) is 2.34. The Kier molecular flexibility index (Phi) is 3.72. The number of para-hydroxylation sites is 1. The number of nitrogens with one attached hydrogen (secondary N) is 1. The summed E-state index contributed by atoms with van der Waals surface area (Å²) in [5.41, 5.74) is 0.566. The first-order valence-corrected chi connectivity index (χ1v) is 8.19. The van der Waals surface area contributed by atoms with Gasteiger partial charge in [-0.2, -0.15) is 0 Å². The number of methoxy groups -OCH3 is 1. The standard InChI is InChI=1S/C16H21N3O2S/c1-16(2,3)14(20)17-10-8-19(9-10)15-18-13-11(21-4)6-5-7-12(13)22-15/h5-7,10H,8-9H2,1-4H3,(H,17,20). The average Bonchev–Trinajstić information content (AvgIpc) is 2.83. The van der Waals surface area contributed by atoms with Crippen LogP contribution in [0.1, 0.15) is 20.8 Å². The van der Waals surface area contributed by atoms with Gasteiger partial charge in [0.25, 0.3) is 0 Å². The highest BCUT2D eigenvalue weighted by Gasteiger charge is 2.33. The van der Waals surface area contributed by atoms with Crippen molar-refractivity contribution in [1.82, 2.24) is 10.3 Å². The number of nitrogens with zero attached hydrogens (tertiary/aromatic N) is 2. The van der Waals surface area contributed by atoms with Crippen LogP contribution < -0.4 is 15.0 Å². The van der Waals surface area contributed by atoms with Crippen molar-refractivity contribution < 1.29 is 9.53 Å². The van der Waals surface area contributed by atoms with Gasteiger partial charge >= 0.3 is 0 Å². The minimum atomic E-state index is -0.344. The molecule has 22 heavy (non-hydrogen) atoms. The zero-order valence-corrected chi connectivity index (χ0v) is 14.2. The summed E-state index contributed by atoms with van der Waals surface area (Å²) in [6.45, 7) is 7.41. The minimum absolute atomic E-state index is 0.100. The summed E-state index contributed by atoms with van der Waals surface area (Å²) < 4.78 is 6.47. The fraction of sp³-hybridized carbons (Fsp3) is 0.500. The van der Waals surface area contributed by atoms with Gasteiger partial charge in [0.2, 0.25) is 5.91 Å². The normalized spacial score (nSPS) is 15.7. The molecule has 1 aliphatic heterocycles. The van der Waals surface area contributed by atoms with Gasteiger partial charge in [-0.25, -0.2) is 4.98 Å². The Morgan fingerprint density at radius 3 is 2.77 bits per heavy atom. The Hall–Kier alpha value is -1.82. The van der Waals surface area contributed by atoms with E-state index < -0.39 is 0 Å². The molecule has 1 fully saturated rings. The highest BCUT2D eigenvalue weighted by Crippen LogP contribution is 2.35. The second kappa shape index (κ2) is 5.43. The van der Waals surface area contributed by atoms with Crippen LogP contribution in [0.15, 0.2) is 18.2 Å². The first-order valence-electron chi connectivity index (χ1n) is 7.38. The maximum Gasteiger partial charge on any atom is 0.225 e. The third kappa shape index (κ3) is 2.75. The van der Waals surface area contributed by atoms with Crippen LogP contribution in [0.3, 0.4) is 0 Å². The third-order valence-electron chi connectivity index (χ3n) is 3.76. The van der Waals surface area contributed by atoms with E-state index in [4.69, 9.17) is 4.74 Å². The SMILES string of the molecule is COc1cccc2sc(N3CC(NC(=O)C(C)(C)C)C3)nc12. The van der Waals surface area contributed by atoms with E-state index in [2.05, 4.69) is 21.3 Å². The molecule has 2 aromatic rings. The maximum atomic E-state index is 12.0. The number of anilines is 1. The van der Waals surface area contributed by atoms with Gasteiger partial charge in [0, 0.05) is 18.5 Å². The molecule has 0 saturated carbocycles. The number of rotatable bonds is 3. The van der Waals surface area contributed by atoms with Gasteiger partial charge in [0.05, 0.1) is 17.9 Å². The summed E-state index contributed by atoms with van der Waals surface area (Å²) in [6.07, 6.45) is 0. The second-order valence-corrected chi connectivity index (χ2v) is 7.64. The number of carbonyl (C=O) groups is 1. The van der Waals surface area contributed by atoms with Crippen molar-refractivity contribution in [2.45, 2.75) is 26.8 Å². The van der Waals surface area contributed by atoms with Gasteiger partial charge in [-0.1, -0.05) is 38.2 Å². The summed E-state index contributed by atoms with van der Waals surface area (Å²) in [4.78, 5) is 18.8. The van der Waals surface area contributed by atoms with Gasteiger partial charge in [0.1, 0.15) is 11.3 Å². The molecule has 0 bridgehead atoms. The van der Waals surface area contributed by atoms with Crippen LogP contribution in [0.2, 0.25) is 0 Å². The van der Waals surface area contributed by atoms with Crippen molar-refractivity contribution in [2.75, 3.05) is 25.1 Å². The molecule has 1 amide bonds. The van der Waals surface area contributed by atoms with Crippen molar-refractivity contribution in [2.24, 2.45) is 5.41 Å². The topological polar surface area (TPSA) is 54.5 Å². The Labute approximate surface area is 134 Å². The summed E-state index contributed by atoms with van der Waals surface area (Å²) >= 11 is 1.66. The van der Waals surface area contributed by atoms with Crippen LogP contribution in [0.4, 0.5) is 5.13 Å². The Morgan fingerprint density at radius 1 is 1.41 bits per heavy atom. The van der Waals surface area contributed by atoms with Crippen LogP contribution in [-0.4, -0.2) is 37.1 Å². The number of aromatic nitrogens is 1. The lowest BCUT2D eigenvalue weighted by Crippen LogP contribution is -2.60. The highest BCUT2D eigenvalue weighted by molar-refractivity contribution is 7.22. The third-order valence-corrected chi connectivity index (χ3v) is 4.84. The molecule has 1 saturated heterocycles. The molecular formula is C16H21N3O2S. The summed E-state index contributed by atoms with van der Waals surface area (Å²) in [7, 11) is 1.66. The van der Waals surface area contributed by atoms with Crippen molar-refractivity contribution >= 4 is 32.6 Å². The van der Waals surface area contributed by atoms with Crippen LogP contribution in [0, 0.1) is 5.41 Å². The van der Waals surface area contributed by atoms with Gasteiger partial charge < -0.3 is 15.0 Å². The predicted octanol–water partition coefficient (Wildman–Crippen LogP) is 2.66. The lowest BCUT2D eigenvalue weighted by Gasteiger charge is -2.40. The van der Waals surface area contributed by atoms with Gasteiger partial charge in [-0.15, -0.1) is 0 Å². The van der Waals surface area contributed by atoms with E-state index in [-0.39, 0.29) is 17.4 Å². The molecule has 5 nitrogen and oxygen atoms in total. The molecular weight excluding hydrogens is 298 g/mol. The predicted molar refractivity (Wildman–Crippen MR) is 89.8 cm³/mol. The molecule has 0 spiro atoms. The van der Waals surface area contributed by atoms with Crippen molar-refractivity contribution in [3.05, 3.63) is 18.2 Å². The van der Waals surface area contributed by atoms with E-state index in [0.717, 1.165) is 34.2 Å². The Balaban J connectivity index is 1.67. The van der Waals surface area contributed by atoms with Crippen molar-refractivity contribution in [1.29, 1.82) is 0 Å². The monoisotopic (exact) mass is 319 g/mol. The van der Waals surface area contributed by atoms with Crippen molar-refractivity contribution in [3.63, 3.8) is 0 Å². The molecule has 0 unspecified atom stereocenters. The number of ether oxygens (including phenoxy) is 1. The van der Waals surface area contributed by atoms with E-state index in [1.165, 1.54) is 0 Å². The molecule has 1 aliphatic rings. The van der Waals surface area contributed by atoms with E-state index >= 15 is 0 Å². The van der Waals surface area contributed by atoms with E-state index in [1.807, 2.05) is 32.9 Å². The fourth-order valence-corrected chi connectivity index (χ4v) is 3.34. The second-order valence-electron chi connectivity index (χ2n) is 6.63. The molecule has 0 aliphatic carbocycles. The zero-order valence-electron chi connectivity index (χ0n) is 13.3. The average molecular weight is 319 g/mol. The lowest BCUT2D eigenvalue weighted by molar-refractivity contribution is -0.129. The number of hydrogen-bond donors (Lipinski definition) is 1. The minimum Gasteiger partial charge on any atom is -0.494 e. The maximum absolute atomic E-state index is 12.0. The molecule has 6 heteroatoms. The van der Waals surface area contributed by atoms with Gasteiger partial charge in [0.15, 0.2) is 5.13 Å². The molecule has 0 atom stereocenters. The van der Waals surface area contributed by atoms with Gasteiger partial charge in [-0.3, -0.25) is 4.79 Å². The smallest absolute Gasteiger partial charge is 0.225 e. The molecule has 2 heterocycles. The Bertz CT molecular complexity index is 699. The van der Waals surface area contributed by atoms with Crippen LogP contribution >= 0.6 is 11.3 Å². The molecule has 3 rings (SSSR count). The number of thiazole rings is 1. The van der Waals surface area contributed by atoms with Gasteiger partial charge in [-0.05, 0) is 12.1 Å². The lowest BCUT2D eigenvalue weighted by atomic mass is 9.94. The molecule has 1 aromatic carbocycles. The first-order chi connectivity index (χ1) is 10.4. The van der Waals surface area contributed by atoms with Crippen LogP contribution in [-0.2, 0) is 4.79 Å². The number of carbonyl (C=O) groups excluding carboxylic acids is 1. The number of hydrogen-bond acceptors (Lipinski definition) is 5. The largest absolute Gasteiger partial charge is 0.494 e. The molecule has 0 radical (unpaired) electrons. The van der Waals surface area contributed by atoms with Crippen LogP contribution in [0.25, 0.3) is 10.2 Å². The number of amides is 1. The zero-order chi connectivity index (χ0) is 15.9. The molecule has 1 aromatic heterocycles. The van der Waals surface area contributed by atoms with E-state index in [0.29, 0.717) is 0 Å². The Morgan fingerprint density at radius 2 is 2.14 bits per heavy atom. The van der Waals surface area contributed by atoms with Crippen molar-refractivity contribution in [3.8, 4) is 5.75 Å². The molecule has 1 N–H and O–H groups in total. The number of benzene rings is 1. The summed E-state index contributed by atoms with van der Waals surface area (Å²) in [5, 5.41) is 4.07. The first kappa shape index (κ1) is 15.1. The van der Waals surface area contributed by atoms with E-state index in [1.54, 1.807) is 18.4 Å². The van der Waals surface area contributed by atoms with E-state index in [9.17, 15) is 4.79 Å². The quantitative estimate of drug-likeness (QED) is 0.945. The van der Waals surface area contributed by atoms with Crippen LogP contribution in [0.5, 0.6) is 5.75 Å². The molecule has 118 valence electrons. The highest BCUT2D eigenvalue weighted by atomic mass is 32.1. The summed E-state index contributed by atoms with van der Waals surface area (Å²) in [6, 6.07) is 6.16. The summed E-state index contributed by atoms with van der Waals surface area (Å²) in [5.74, 6) is 0.904. The number of fused-ring (bicyclic) bond motifs is 1.